The maximum atomic E-state index is 13.3. The topological polar surface area (TPSA) is 64.6 Å². The fourth-order valence-corrected chi connectivity index (χ4v) is 2.11. The van der Waals surface area contributed by atoms with Crippen LogP contribution < -0.4 is 10.1 Å². The summed E-state index contributed by atoms with van der Waals surface area (Å²) in [4.78, 5) is 23.6. The van der Waals surface area contributed by atoms with Gasteiger partial charge in [0.25, 0.3) is 0 Å². The van der Waals surface area contributed by atoms with Gasteiger partial charge in [-0.2, -0.15) is 0 Å². The molecular weight excluding hydrogens is 301 g/mol. The van der Waals surface area contributed by atoms with E-state index in [2.05, 4.69) is 10.1 Å². The SMILES string of the molecule is COC(=O)c1cccc(NC(=O)Cc2cc(F)ccc2OC)c1. The summed E-state index contributed by atoms with van der Waals surface area (Å²) in [5, 5.41) is 2.66. The smallest absolute Gasteiger partial charge is 0.337 e. The van der Waals surface area contributed by atoms with E-state index in [1.807, 2.05) is 0 Å². The second-order valence-corrected chi connectivity index (χ2v) is 4.75. The Labute approximate surface area is 133 Å². The second kappa shape index (κ2) is 7.40. The Balaban J connectivity index is 2.11. The van der Waals surface area contributed by atoms with Crippen molar-refractivity contribution < 1.29 is 23.5 Å². The molecule has 2 rings (SSSR count). The summed E-state index contributed by atoms with van der Waals surface area (Å²) >= 11 is 0. The van der Waals surface area contributed by atoms with Gasteiger partial charge in [-0.25, -0.2) is 9.18 Å². The number of nitrogens with one attached hydrogen (secondary N) is 1. The number of anilines is 1. The van der Waals surface area contributed by atoms with Crippen molar-refractivity contribution in [1.29, 1.82) is 0 Å². The lowest BCUT2D eigenvalue weighted by molar-refractivity contribution is -0.115. The summed E-state index contributed by atoms with van der Waals surface area (Å²) in [6, 6.07) is 10.3. The summed E-state index contributed by atoms with van der Waals surface area (Å²) < 4.78 is 23.0. The quantitative estimate of drug-likeness (QED) is 0.861. The molecule has 0 fully saturated rings. The van der Waals surface area contributed by atoms with Gasteiger partial charge in [0.2, 0.25) is 5.91 Å². The highest BCUT2D eigenvalue weighted by Gasteiger charge is 2.12. The van der Waals surface area contributed by atoms with Crippen molar-refractivity contribution in [3.8, 4) is 5.75 Å². The summed E-state index contributed by atoms with van der Waals surface area (Å²) in [5.74, 6) is -0.852. The average molecular weight is 317 g/mol. The molecule has 0 aliphatic carbocycles. The highest BCUT2D eigenvalue weighted by molar-refractivity contribution is 5.95. The fraction of sp³-hybridized carbons (Fsp3) is 0.176. The zero-order valence-electron chi connectivity index (χ0n) is 12.8. The Morgan fingerprint density at radius 1 is 1.13 bits per heavy atom. The number of hydrogen-bond donors (Lipinski definition) is 1. The lowest BCUT2D eigenvalue weighted by atomic mass is 10.1. The molecule has 0 aliphatic heterocycles. The van der Waals surface area contributed by atoms with Crippen LogP contribution in [0.15, 0.2) is 42.5 Å². The zero-order chi connectivity index (χ0) is 16.8. The predicted octanol–water partition coefficient (Wildman–Crippen LogP) is 2.80. The van der Waals surface area contributed by atoms with Crippen LogP contribution in [0.4, 0.5) is 10.1 Å². The van der Waals surface area contributed by atoms with Crippen molar-refractivity contribution in [1.82, 2.24) is 0 Å². The number of carbonyl (C=O) groups excluding carboxylic acids is 2. The van der Waals surface area contributed by atoms with E-state index >= 15 is 0 Å². The fourth-order valence-electron chi connectivity index (χ4n) is 2.11. The molecule has 2 aromatic rings. The van der Waals surface area contributed by atoms with E-state index in [0.717, 1.165) is 0 Å². The molecule has 0 aliphatic rings. The van der Waals surface area contributed by atoms with E-state index in [1.165, 1.54) is 38.5 Å². The number of esters is 1. The molecule has 0 radical (unpaired) electrons. The number of hydrogen-bond acceptors (Lipinski definition) is 4. The molecule has 0 heterocycles. The number of ether oxygens (including phenoxy) is 2. The third kappa shape index (κ3) is 4.29. The van der Waals surface area contributed by atoms with Gasteiger partial charge in [0.05, 0.1) is 26.2 Å². The van der Waals surface area contributed by atoms with Gasteiger partial charge < -0.3 is 14.8 Å². The van der Waals surface area contributed by atoms with E-state index in [4.69, 9.17) is 4.74 Å². The number of halogens is 1. The number of rotatable bonds is 5. The molecule has 120 valence electrons. The standard InChI is InChI=1S/C17H16FNO4/c1-22-15-7-6-13(18)8-12(15)10-16(20)19-14-5-3-4-11(9-14)17(21)23-2/h3-9H,10H2,1-2H3,(H,19,20). The largest absolute Gasteiger partial charge is 0.496 e. The first-order valence-corrected chi connectivity index (χ1v) is 6.84. The van der Waals surface area contributed by atoms with Gasteiger partial charge in [-0.1, -0.05) is 6.07 Å². The molecule has 0 aromatic heterocycles. The number of methoxy groups -OCH3 is 2. The lowest BCUT2D eigenvalue weighted by Crippen LogP contribution is -2.15. The molecule has 6 heteroatoms. The average Bonchev–Trinajstić information content (AvgIpc) is 2.54. The van der Waals surface area contributed by atoms with Crippen LogP contribution in [0.3, 0.4) is 0 Å². The van der Waals surface area contributed by atoms with Gasteiger partial charge in [-0.15, -0.1) is 0 Å². The minimum absolute atomic E-state index is 0.0522. The van der Waals surface area contributed by atoms with Crippen molar-refractivity contribution in [3.63, 3.8) is 0 Å². The Morgan fingerprint density at radius 3 is 2.61 bits per heavy atom. The molecule has 0 atom stereocenters. The van der Waals surface area contributed by atoms with Crippen molar-refractivity contribution in [2.75, 3.05) is 19.5 Å². The first-order valence-electron chi connectivity index (χ1n) is 6.84. The monoisotopic (exact) mass is 317 g/mol. The molecule has 0 spiro atoms. The van der Waals surface area contributed by atoms with E-state index in [-0.39, 0.29) is 12.3 Å². The van der Waals surface area contributed by atoms with Crippen LogP contribution in [0.2, 0.25) is 0 Å². The van der Waals surface area contributed by atoms with Gasteiger partial charge >= 0.3 is 5.97 Å². The lowest BCUT2D eigenvalue weighted by Gasteiger charge is -2.10. The molecular formula is C17H16FNO4. The van der Waals surface area contributed by atoms with Crippen LogP contribution in [-0.4, -0.2) is 26.1 Å². The van der Waals surface area contributed by atoms with E-state index in [9.17, 15) is 14.0 Å². The molecule has 0 saturated heterocycles. The summed E-state index contributed by atoms with van der Waals surface area (Å²) in [6.45, 7) is 0. The van der Waals surface area contributed by atoms with Crippen molar-refractivity contribution >= 4 is 17.6 Å². The van der Waals surface area contributed by atoms with Crippen LogP contribution in [0, 0.1) is 5.82 Å². The Kier molecular flexibility index (Phi) is 5.30. The minimum Gasteiger partial charge on any atom is -0.496 e. The molecule has 0 unspecified atom stereocenters. The van der Waals surface area contributed by atoms with Gasteiger partial charge in [0, 0.05) is 11.3 Å². The molecule has 1 amide bonds. The third-order valence-corrected chi connectivity index (χ3v) is 3.16. The Morgan fingerprint density at radius 2 is 1.91 bits per heavy atom. The Bertz CT molecular complexity index is 730. The Hall–Kier alpha value is -2.89. The highest BCUT2D eigenvalue weighted by atomic mass is 19.1. The van der Waals surface area contributed by atoms with Crippen molar-refractivity contribution in [2.45, 2.75) is 6.42 Å². The summed E-state index contributed by atoms with van der Waals surface area (Å²) in [5.41, 5.74) is 1.22. The highest BCUT2D eigenvalue weighted by Crippen LogP contribution is 2.20. The third-order valence-electron chi connectivity index (χ3n) is 3.16. The number of benzene rings is 2. The number of carbonyl (C=O) groups is 2. The van der Waals surface area contributed by atoms with Crippen LogP contribution >= 0.6 is 0 Å². The summed E-state index contributed by atoms with van der Waals surface area (Å²) in [7, 11) is 2.73. The van der Waals surface area contributed by atoms with Crippen molar-refractivity contribution in [2.24, 2.45) is 0 Å². The normalized spacial score (nSPS) is 10.0. The molecule has 1 N–H and O–H groups in total. The molecule has 2 aromatic carbocycles. The van der Waals surface area contributed by atoms with Crippen molar-refractivity contribution in [3.05, 3.63) is 59.4 Å². The van der Waals surface area contributed by atoms with E-state index in [1.54, 1.807) is 18.2 Å². The van der Waals surface area contributed by atoms with Crippen LogP contribution in [0.5, 0.6) is 5.75 Å². The predicted molar refractivity (Wildman–Crippen MR) is 83.1 cm³/mol. The van der Waals surface area contributed by atoms with E-state index < -0.39 is 11.8 Å². The maximum absolute atomic E-state index is 13.3. The van der Waals surface area contributed by atoms with Gasteiger partial charge in [0.15, 0.2) is 0 Å². The second-order valence-electron chi connectivity index (χ2n) is 4.75. The van der Waals surface area contributed by atoms with Gasteiger partial charge in [0.1, 0.15) is 11.6 Å². The minimum atomic E-state index is -0.493. The molecule has 0 saturated carbocycles. The first kappa shape index (κ1) is 16.5. The molecule has 5 nitrogen and oxygen atoms in total. The first-order chi connectivity index (χ1) is 11.0. The van der Waals surface area contributed by atoms with E-state index in [0.29, 0.717) is 22.6 Å². The number of amides is 1. The van der Waals surface area contributed by atoms with Gasteiger partial charge in [-0.05, 0) is 36.4 Å². The van der Waals surface area contributed by atoms with Crippen LogP contribution in [-0.2, 0) is 16.0 Å². The van der Waals surface area contributed by atoms with Gasteiger partial charge in [-0.3, -0.25) is 4.79 Å². The van der Waals surface area contributed by atoms with Crippen LogP contribution in [0.1, 0.15) is 15.9 Å². The molecule has 23 heavy (non-hydrogen) atoms. The van der Waals surface area contributed by atoms with Crippen LogP contribution in [0.25, 0.3) is 0 Å². The maximum Gasteiger partial charge on any atom is 0.337 e. The molecule has 0 bridgehead atoms. The zero-order valence-corrected chi connectivity index (χ0v) is 12.8. The summed E-state index contributed by atoms with van der Waals surface area (Å²) in [6.07, 6.45) is -0.0522.